The van der Waals surface area contributed by atoms with Crippen LogP contribution >= 0.6 is 0 Å². The van der Waals surface area contributed by atoms with Crippen molar-refractivity contribution in [1.82, 2.24) is 4.90 Å². The SMILES string of the molecule is CCC(C)CC(CC(C)(CCN(C)C)C(=O)OCc1ccccc1)(c1ccccc1)c1ccccc1. The molecule has 0 aromatic heterocycles. The molecule has 0 bridgehead atoms. The zero-order valence-electron chi connectivity index (χ0n) is 22.7. The molecule has 0 fully saturated rings. The van der Waals surface area contributed by atoms with E-state index in [4.69, 9.17) is 4.74 Å². The second-order valence-corrected chi connectivity index (χ2v) is 10.9. The fourth-order valence-electron chi connectivity index (χ4n) is 5.23. The van der Waals surface area contributed by atoms with E-state index in [2.05, 4.69) is 100 Å². The van der Waals surface area contributed by atoms with Gasteiger partial charge in [0.25, 0.3) is 0 Å². The molecule has 0 heterocycles. The van der Waals surface area contributed by atoms with Gasteiger partial charge >= 0.3 is 5.97 Å². The summed E-state index contributed by atoms with van der Waals surface area (Å²) in [7, 11) is 4.13. The molecule has 0 spiro atoms. The quantitative estimate of drug-likeness (QED) is 0.235. The highest BCUT2D eigenvalue weighted by atomic mass is 16.5. The molecule has 0 aliphatic heterocycles. The summed E-state index contributed by atoms with van der Waals surface area (Å²) < 4.78 is 6.02. The van der Waals surface area contributed by atoms with Crippen LogP contribution in [0.4, 0.5) is 0 Å². The fourth-order valence-corrected chi connectivity index (χ4v) is 5.23. The molecule has 36 heavy (non-hydrogen) atoms. The largest absolute Gasteiger partial charge is 0.460 e. The average Bonchev–Trinajstić information content (AvgIpc) is 2.91. The van der Waals surface area contributed by atoms with Crippen molar-refractivity contribution in [2.24, 2.45) is 11.3 Å². The van der Waals surface area contributed by atoms with Crippen molar-refractivity contribution in [3.8, 4) is 0 Å². The maximum Gasteiger partial charge on any atom is 0.312 e. The van der Waals surface area contributed by atoms with Crippen LogP contribution in [0.15, 0.2) is 91.0 Å². The van der Waals surface area contributed by atoms with Gasteiger partial charge in [0.15, 0.2) is 0 Å². The van der Waals surface area contributed by atoms with E-state index < -0.39 is 5.41 Å². The molecule has 3 rings (SSSR count). The summed E-state index contributed by atoms with van der Waals surface area (Å²) in [5, 5.41) is 0. The standard InChI is InChI=1S/C33H43NO2/c1-6-27(2)24-33(29-18-12-8-13-19-29,30-20-14-9-15-21-30)26-32(3,22-23-34(4)5)31(35)36-25-28-16-10-7-11-17-28/h7-21,27H,6,22-26H2,1-5H3. The maximum absolute atomic E-state index is 13.9. The van der Waals surface area contributed by atoms with Gasteiger partial charge in [0.05, 0.1) is 5.41 Å². The number of hydrogen-bond acceptors (Lipinski definition) is 3. The van der Waals surface area contributed by atoms with E-state index in [0.29, 0.717) is 18.9 Å². The van der Waals surface area contributed by atoms with E-state index in [1.54, 1.807) is 0 Å². The van der Waals surface area contributed by atoms with Crippen LogP contribution in [0.3, 0.4) is 0 Å². The van der Waals surface area contributed by atoms with Gasteiger partial charge in [-0.15, -0.1) is 0 Å². The summed E-state index contributed by atoms with van der Waals surface area (Å²) >= 11 is 0. The number of hydrogen-bond donors (Lipinski definition) is 0. The van der Waals surface area contributed by atoms with Gasteiger partial charge in [-0.25, -0.2) is 0 Å². The Kier molecular flexibility index (Phi) is 9.89. The second kappa shape index (κ2) is 12.9. The molecule has 0 radical (unpaired) electrons. The van der Waals surface area contributed by atoms with Crippen molar-refractivity contribution in [2.75, 3.05) is 20.6 Å². The first-order valence-corrected chi connectivity index (χ1v) is 13.3. The Bertz CT molecular complexity index is 1010. The van der Waals surface area contributed by atoms with E-state index in [1.165, 1.54) is 11.1 Å². The lowest BCUT2D eigenvalue weighted by Gasteiger charge is -2.43. The van der Waals surface area contributed by atoms with E-state index in [9.17, 15) is 4.79 Å². The van der Waals surface area contributed by atoms with Crippen molar-refractivity contribution in [2.45, 2.75) is 58.5 Å². The lowest BCUT2D eigenvalue weighted by molar-refractivity contribution is -0.158. The van der Waals surface area contributed by atoms with Crippen LogP contribution in [0.2, 0.25) is 0 Å². The van der Waals surface area contributed by atoms with Crippen LogP contribution in [0.5, 0.6) is 0 Å². The minimum absolute atomic E-state index is 0.117. The molecule has 3 heteroatoms. The Morgan fingerprint density at radius 3 is 1.83 bits per heavy atom. The van der Waals surface area contributed by atoms with Gasteiger partial charge in [0, 0.05) is 5.41 Å². The number of carbonyl (C=O) groups is 1. The Morgan fingerprint density at radius 1 is 0.861 bits per heavy atom. The van der Waals surface area contributed by atoms with Gasteiger partial charge < -0.3 is 9.64 Å². The summed E-state index contributed by atoms with van der Waals surface area (Å²) in [5.74, 6) is 0.387. The third-order valence-corrected chi connectivity index (χ3v) is 7.55. The second-order valence-electron chi connectivity index (χ2n) is 10.9. The number of benzene rings is 3. The third-order valence-electron chi connectivity index (χ3n) is 7.55. The van der Waals surface area contributed by atoms with E-state index in [-0.39, 0.29) is 11.4 Å². The summed E-state index contributed by atoms with van der Waals surface area (Å²) in [6, 6.07) is 31.5. The maximum atomic E-state index is 13.9. The molecular weight excluding hydrogens is 442 g/mol. The molecule has 3 aromatic rings. The Morgan fingerprint density at radius 2 is 1.36 bits per heavy atom. The van der Waals surface area contributed by atoms with Crippen molar-refractivity contribution in [3.05, 3.63) is 108 Å². The number of carbonyl (C=O) groups excluding carboxylic acids is 1. The smallest absolute Gasteiger partial charge is 0.312 e. The summed E-state index contributed by atoms with van der Waals surface area (Å²) in [5.41, 5.74) is 2.59. The lowest BCUT2D eigenvalue weighted by Crippen LogP contribution is -2.42. The molecule has 2 atom stereocenters. The summed E-state index contributed by atoms with van der Waals surface area (Å²) in [4.78, 5) is 16.1. The number of esters is 1. The summed E-state index contributed by atoms with van der Waals surface area (Å²) in [6.45, 7) is 7.81. The minimum atomic E-state index is -0.655. The van der Waals surface area contributed by atoms with Gasteiger partial charge in [-0.05, 0) is 69.4 Å². The van der Waals surface area contributed by atoms with Crippen LogP contribution in [-0.2, 0) is 21.6 Å². The van der Waals surface area contributed by atoms with Crippen molar-refractivity contribution >= 4 is 5.97 Å². The lowest BCUT2D eigenvalue weighted by atomic mass is 9.60. The zero-order valence-corrected chi connectivity index (χ0v) is 22.7. The van der Waals surface area contributed by atoms with Crippen LogP contribution < -0.4 is 0 Å². The Balaban J connectivity index is 2.07. The van der Waals surface area contributed by atoms with Gasteiger partial charge in [-0.3, -0.25) is 4.79 Å². The summed E-state index contributed by atoms with van der Waals surface area (Å²) in [6.07, 6.45) is 3.49. The van der Waals surface area contributed by atoms with Crippen LogP contribution in [0.1, 0.15) is 63.1 Å². The van der Waals surface area contributed by atoms with Gasteiger partial charge in [0.1, 0.15) is 6.61 Å². The fraction of sp³-hybridized carbons (Fsp3) is 0.424. The highest BCUT2D eigenvalue weighted by molar-refractivity contribution is 5.77. The molecule has 0 amide bonds. The van der Waals surface area contributed by atoms with E-state index in [0.717, 1.165) is 31.4 Å². The Hall–Kier alpha value is -2.91. The van der Waals surface area contributed by atoms with E-state index >= 15 is 0 Å². The topological polar surface area (TPSA) is 29.5 Å². The van der Waals surface area contributed by atoms with Crippen LogP contribution in [-0.4, -0.2) is 31.5 Å². The average molecular weight is 486 g/mol. The van der Waals surface area contributed by atoms with Crippen molar-refractivity contribution in [1.29, 1.82) is 0 Å². The number of nitrogens with zero attached hydrogens (tertiary/aromatic N) is 1. The molecule has 3 nitrogen and oxygen atoms in total. The van der Waals surface area contributed by atoms with Gasteiger partial charge in [0.2, 0.25) is 0 Å². The number of ether oxygens (including phenoxy) is 1. The highest BCUT2D eigenvalue weighted by Crippen LogP contribution is 2.48. The first-order chi connectivity index (χ1) is 17.3. The molecule has 0 saturated carbocycles. The monoisotopic (exact) mass is 485 g/mol. The molecule has 3 aromatic carbocycles. The number of rotatable bonds is 13. The molecule has 2 unspecified atom stereocenters. The minimum Gasteiger partial charge on any atom is -0.460 e. The first-order valence-electron chi connectivity index (χ1n) is 13.3. The van der Waals surface area contributed by atoms with E-state index in [1.807, 2.05) is 30.3 Å². The molecule has 0 saturated heterocycles. The molecular formula is C33H43NO2. The van der Waals surface area contributed by atoms with Gasteiger partial charge in [-0.1, -0.05) is 111 Å². The molecule has 0 aliphatic carbocycles. The van der Waals surface area contributed by atoms with Gasteiger partial charge in [-0.2, -0.15) is 0 Å². The highest BCUT2D eigenvalue weighted by Gasteiger charge is 2.46. The van der Waals surface area contributed by atoms with Crippen LogP contribution in [0.25, 0.3) is 0 Å². The van der Waals surface area contributed by atoms with Crippen molar-refractivity contribution in [3.63, 3.8) is 0 Å². The predicted octanol–water partition coefficient (Wildman–Crippen LogP) is 7.50. The molecule has 0 N–H and O–H groups in total. The van der Waals surface area contributed by atoms with Crippen molar-refractivity contribution < 1.29 is 9.53 Å². The zero-order chi connectivity index (χ0) is 26.0. The molecule has 192 valence electrons. The normalized spacial score (nSPS) is 14.3. The predicted molar refractivity (Wildman–Crippen MR) is 150 cm³/mol. The molecule has 0 aliphatic rings. The van der Waals surface area contributed by atoms with Crippen LogP contribution in [0, 0.1) is 11.3 Å². The first kappa shape index (κ1) is 27.7. The third kappa shape index (κ3) is 7.07. The Labute approximate surface area is 218 Å².